The summed E-state index contributed by atoms with van der Waals surface area (Å²) >= 11 is 3.54. The molecule has 3 heteroatoms. The molecule has 0 aromatic heterocycles. The molecular weight excluding hydrogens is 328 g/mol. The van der Waals surface area contributed by atoms with E-state index in [2.05, 4.69) is 48.8 Å². The summed E-state index contributed by atoms with van der Waals surface area (Å²) in [4.78, 5) is 0. The highest BCUT2D eigenvalue weighted by Crippen LogP contribution is 2.66. The number of benzene rings is 1. The van der Waals surface area contributed by atoms with Crippen molar-refractivity contribution >= 4 is 15.9 Å². The van der Waals surface area contributed by atoms with Crippen molar-refractivity contribution in [2.75, 3.05) is 7.11 Å². The Morgan fingerprint density at radius 2 is 2.05 bits per heavy atom. The van der Waals surface area contributed by atoms with Crippen LogP contribution in [0.1, 0.15) is 45.6 Å². The highest BCUT2D eigenvalue weighted by Gasteiger charge is 2.61. The predicted octanol–water partition coefficient (Wildman–Crippen LogP) is 5.19. The van der Waals surface area contributed by atoms with Crippen LogP contribution in [0, 0.1) is 16.7 Å². The van der Waals surface area contributed by atoms with Crippen LogP contribution >= 0.6 is 15.9 Å². The molecule has 0 amide bonds. The highest BCUT2D eigenvalue weighted by atomic mass is 79.9. The molecule has 3 rings (SSSR count). The zero-order valence-corrected chi connectivity index (χ0v) is 15.0. The van der Waals surface area contributed by atoms with Crippen molar-refractivity contribution in [3.8, 4) is 5.75 Å². The fourth-order valence-corrected chi connectivity index (χ4v) is 4.97. The molecule has 0 N–H and O–H groups in total. The average molecular weight is 353 g/mol. The molecule has 0 saturated heterocycles. The molecule has 21 heavy (non-hydrogen) atoms. The van der Waals surface area contributed by atoms with Gasteiger partial charge >= 0.3 is 0 Å². The lowest BCUT2D eigenvalue weighted by Crippen LogP contribution is -2.37. The van der Waals surface area contributed by atoms with Crippen molar-refractivity contribution in [3.63, 3.8) is 0 Å². The van der Waals surface area contributed by atoms with Gasteiger partial charge in [-0.2, -0.15) is 0 Å². The predicted molar refractivity (Wildman–Crippen MR) is 88.5 cm³/mol. The SMILES string of the molecule is COc1ccc(COC2CC3CCC2(C)C3(C)C)cc1Br. The second-order valence-electron chi connectivity index (χ2n) is 7.38. The molecule has 2 fully saturated rings. The quantitative estimate of drug-likeness (QED) is 0.742. The summed E-state index contributed by atoms with van der Waals surface area (Å²) in [5.74, 6) is 1.70. The summed E-state index contributed by atoms with van der Waals surface area (Å²) in [6, 6.07) is 6.18. The second-order valence-corrected chi connectivity index (χ2v) is 8.23. The molecule has 0 heterocycles. The van der Waals surface area contributed by atoms with E-state index in [1.807, 2.05) is 6.07 Å². The number of methoxy groups -OCH3 is 1. The lowest BCUT2D eigenvalue weighted by Gasteiger charge is -2.39. The maximum Gasteiger partial charge on any atom is 0.133 e. The van der Waals surface area contributed by atoms with E-state index >= 15 is 0 Å². The van der Waals surface area contributed by atoms with E-state index < -0.39 is 0 Å². The number of halogens is 1. The monoisotopic (exact) mass is 352 g/mol. The van der Waals surface area contributed by atoms with E-state index in [1.54, 1.807) is 7.11 Å². The Morgan fingerprint density at radius 3 is 2.57 bits per heavy atom. The molecule has 2 nitrogen and oxygen atoms in total. The van der Waals surface area contributed by atoms with Crippen LogP contribution in [0.5, 0.6) is 5.75 Å². The van der Waals surface area contributed by atoms with Crippen LogP contribution in [0.25, 0.3) is 0 Å². The van der Waals surface area contributed by atoms with Gasteiger partial charge in [-0.15, -0.1) is 0 Å². The Morgan fingerprint density at radius 1 is 1.29 bits per heavy atom. The molecule has 2 saturated carbocycles. The zero-order valence-electron chi connectivity index (χ0n) is 13.4. The van der Waals surface area contributed by atoms with Gasteiger partial charge in [-0.25, -0.2) is 0 Å². The first-order valence-electron chi connectivity index (χ1n) is 7.82. The maximum atomic E-state index is 6.33. The third-order valence-corrected chi connectivity index (χ3v) is 7.00. The molecule has 3 atom stereocenters. The van der Waals surface area contributed by atoms with Crippen LogP contribution in [0.3, 0.4) is 0 Å². The van der Waals surface area contributed by atoms with Gasteiger partial charge in [0.25, 0.3) is 0 Å². The summed E-state index contributed by atoms with van der Waals surface area (Å²) in [6.45, 7) is 7.97. The molecule has 116 valence electrons. The van der Waals surface area contributed by atoms with Crippen LogP contribution in [-0.4, -0.2) is 13.2 Å². The first-order chi connectivity index (χ1) is 9.88. The molecule has 0 spiro atoms. The third kappa shape index (κ3) is 2.33. The minimum atomic E-state index is 0.335. The van der Waals surface area contributed by atoms with E-state index in [4.69, 9.17) is 9.47 Å². The molecule has 0 aliphatic heterocycles. The number of ether oxygens (including phenoxy) is 2. The molecule has 2 aliphatic rings. The maximum absolute atomic E-state index is 6.33. The van der Waals surface area contributed by atoms with E-state index in [0.717, 1.165) is 16.1 Å². The topological polar surface area (TPSA) is 18.5 Å². The fourth-order valence-electron chi connectivity index (χ4n) is 4.38. The average Bonchev–Trinajstić information content (AvgIpc) is 2.78. The number of hydrogen-bond donors (Lipinski definition) is 0. The van der Waals surface area contributed by atoms with Crippen LogP contribution in [0.4, 0.5) is 0 Å². The van der Waals surface area contributed by atoms with E-state index in [-0.39, 0.29) is 0 Å². The summed E-state index contributed by atoms with van der Waals surface area (Å²) in [5.41, 5.74) is 1.95. The van der Waals surface area contributed by atoms with Gasteiger partial charge in [0.2, 0.25) is 0 Å². The second kappa shape index (κ2) is 5.27. The fraction of sp³-hybridized carbons (Fsp3) is 0.667. The third-order valence-electron chi connectivity index (χ3n) is 6.38. The Bertz CT molecular complexity index is 540. The van der Waals surface area contributed by atoms with Crippen molar-refractivity contribution in [2.24, 2.45) is 16.7 Å². The van der Waals surface area contributed by atoms with E-state index in [9.17, 15) is 0 Å². The first-order valence-corrected chi connectivity index (χ1v) is 8.62. The number of rotatable bonds is 4. The standard InChI is InChI=1S/C18H25BrO2/c1-17(2)13-7-8-18(17,3)16(10-13)21-11-12-5-6-15(20-4)14(19)9-12/h5-6,9,13,16H,7-8,10-11H2,1-4H3. The molecule has 1 aromatic carbocycles. The normalized spacial score (nSPS) is 33.4. The van der Waals surface area contributed by atoms with Gasteiger partial charge < -0.3 is 9.47 Å². The van der Waals surface area contributed by atoms with Crippen molar-refractivity contribution in [2.45, 2.75) is 52.7 Å². The number of hydrogen-bond acceptors (Lipinski definition) is 2. The molecule has 2 aliphatic carbocycles. The first kappa shape index (κ1) is 15.4. The van der Waals surface area contributed by atoms with Gasteiger partial charge in [0.15, 0.2) is 0 Å². The van der Waals surface area contributed by atoms with E-state index in [0.29, 0.717) is 23.5 Å². The summed E-state index contributed by atoms with van der Waals surface area (Å²) in [6.07, 6.45) is 4.30. The Labute approximate surface area is 136 Å². The van der Waals surface area contributed by atoms with Gasteiger partial charge in [-0.3, -0.25) is 0 Å². The Hall–Kier alpha value is -0.540. The smallest absolute Gasteiger partial charge is 0.133 e. The summed E-state index contributed by atoms with van der Waals surface area (Å²) in [7, 11) is 1.69. The summed E-state index contributed by atoms with van der Waals surface area (Å²) in [5, 5.41) is 0. The van der Waals surface area contributed by atoms with Crippen molar-refractivity contribution in [1.29, 1.82) is 0 Å². The molecule has 0 radical (unpaired) electrons. The Balaban J connectivity index is 1.68. The zero-order chi connectivity index (χ0) is 15.3. The van der Waals surface area contributed by atoms with Crippen molar-refractivity contribution in [1.82, 2.24) is 0 Å². The molecule has 3 unspecified atom stereocenters. The summed E-state index contributed by atoms with van der Waals surface area (Å²) < 4.78 is 12.6. The van der Waals surface area contributed by atoms with Crippen LogP contribution in [0.2, 0.25) is 0 Å². The number of fused-ring (bicyclic) bond motifs is 2. The molecular formula is C18H25BrO2. The lowest BCUT2D eigenvalue weighted by atomic mass is 9.70. The van der Waals surface area contributed by atoms with Crippen LogP contribution in [-0.2, 0) is 11.3 Å². The van der Waals surface area contributed by atoms with E-state index in [1.165, 1.54) is 24.8 Å². The van der Waals surface area contributed by atoms with Crippen molar-refractivity contribution in [3.05, 3.63) is 28.2 Å². The van der Waals surface area contributed by atoms with Gasteiger partial charge in [0.05, 0.1) is 24.3 Å². The highest BCUT2D eigenvalue weighted by molar-refractivity contribution is 9.10. The minimum absolute atomic E-state index is 0.335. The Kier molecular flexibility index (Phi) is 3.86. The van der Waals surface area contributed by atoms with Gasteiger partial charge in [0, 0.05) is 0 Å². The minimum Gasteiger partial charge on any atom is -0.496 e. The van der Waals surface area contributed by atoms with Crippen molar-refractivity contribution < 1.29 is 9.47 Å². The van der Waals surface area contributed by atoms with Gasteiger partial charge in [0.1, 0.15) is 5.75 Å². The largest absolute Gasteiger partial charge is 0.496 e. The lowest BCUT2D eigenvalue weighted by molar-refractivity contribution is -0.0550. The molecule has 2 bridgehead atoms. The van der Waals surface area contributed by atoms with Crippen LogP contribution in [0.15, 0.2) is 22.7 Å². The van der Waals surface area contributed by atoms with Gasteiger partial charge in [-0.1, -0.05) is 26.8 Å². The molecule has 1 aromatic rings. The van der Waals surface area contributed by atoms with Gasteiger partial charge in [-0.05, 0) is 69.6 Å². The van der Waals surface area contributed by atoms with Crippen LogP contribution < -0.4 is 4.74 Å².